The lowest BCUT2D eigenvalue weighted by atomic mass is 9.81. The Morgan fingerprint density at radius 3 is 2.30 bits per heavy atom. The highest BCUT2D eigenvalue weighted by Gasteiger charge is 2.59. The number of carbonyl (C=O) groups is 2. The van der Waals surface area contributed by atoms with Crippen LogP contribution in [0.3, 0.4) is 0 Å². The van der Waals surface area contributed by atoms with Crippen LogP contribution in [0.25, 0.3) is 0 Å². The molecule has 0 spiro atoms. The molecule has 1 aromatic carbocycles. The standard InChI is InChI=1S/C21H20N6O3/c1-14-24-20(30-25-14)21-12-26(18(28)15-6-3-2-4-7-15)10-16(21)11-27(13-21)19(29)17-22-8-5-9-23-17/h2-9,16H,10-13H2,1H3/t16-,21-/m1/s1. The minimum absolute atomic E-state index is 0.0160. The fourth-order valence-electron chi connectivity index (χ4n) is 4.49. The van der Waals surface area contributed by atoms with Crippen LogP contribution in [0.2, 0.25) is 0 Å². The van der Waals surface area contributed by atoms with E-state index in [9.17, 15) is 9.59 Å². The summed E-state index contributed by atoms with van der Waals surface area (Å²) >= 11 is 0. The summed E-state index contributed by atoms with van der Waals surface area (Å²) in [6.45, 7) is 3.52. The minimum atomic E-state index is -0.601. The molecule has 5 rings (SSSR count). The largest absolute Gasteiger partial charge is 0.339 e. The molecule has 2 aromatic heterocycles. The summed E-state index contributed by atoms with van der Waals surface area (Å²) < 4.78 is 5.55. The molecule has 4 heterocycles. The zero-order valence-corrected chi connectivity index (χ0v) is 16.4. The van der Waals surface area contributed by atoms with Gasteiger partial charge in [0.15, 0.2) is 5.82 Å². The summed E-state index contributed by atoms with van der Waals surface area (Å²) in [7, 11) is 0. The average molecular weight is 404 g/mol. The van der Waals surface area contributed by atoms with E-state index >= 15 is 0 Å². The van der Waals surface area contributed by atoms with Gasteiger partial charge in [0.25, 0.3) is 11.8 Å². The molecule has 2 fully saturated rings. The van der Waals surface area contributed by atoms with Gasteiger partial charge in [-0.1, -0.05) is 23.4 Å². The van der Waals surface area contributed by atoms with E-state index < -0.39 is 5.41 Å². The molecule has 3 aromatic rings. The molecule has 30 heavy (non-hydrogen) atoms. The molecule has 152 valence electrons. The number of nitrogens with zero attached hydrogens (tertiary/aromatic N) is 6. The lowest BCUT2D eigenvalue weighted by Crippen LogP contribution is -2.41. The van der Waals surface area contributed by atoms with Crippen LogP contribution in [0, 0.1) is 12.8 Å². The van der Waals surface area contributed by atoms with Gasteiger partial charge >= 0.3 is 0 Å². The number of aromatic nitrogens is 4. The Morgan fingerprint density at radius 2 is 1.67 bits per heavy atom. The van der Waals surface area contributed by atoms with Crippen molar-refractivity contribution in [3.63, 3.8) is 0 Å². The van der Waals surface area contributed by atoms with E-state index in [1.807, 2.05) is 35.2 Å². The van der Waals surface area contributed by atoms with Gasteiger partial charge in [-0.25, -0.2) is 9.97 Å². The maximum atomic E-state index is 13.1. The van der Waals surface area contributed by atoms with Crippen molar-refractivity contribution < 1.29 is 14.1 Å². The first-order valence-corrected chi connectivity index (χ1v) is 9.78. The summed E-state index contributed by atoms with van der Waals surface area (Å²) in [6, 6.07) is 10.9. The van der Waals surface area contributed by atoms with Crippen molar-refractivity contribution in [2.24, 2.45) is 5.92 Å². The number of benzene rings is 1. The van der Waals surface area contributed by atoms with Crippen molar-refractivity contribution in [3.05, 3.63) is 71.9 Å². The van der Waals surface area contributed by atoms with Crippen molar-refractivity contribution in [1.29, 1.82) is 0 Å². The Bertz CT molecular complexity index is 1020. The number of hydrogen-bond acceptors (Lipinski definition) is 7. The SMILES string of the molecule is Cc1noc([C@@]23CN(C(=O)c4ccccc4)C[C@@H]2CN(C(=O)c2ncccn2)C3)n1. The molecule has 0 aliphatic carbocycles. The lowest BCUT2D eigenvalue weighted by Gasteiger charge is -2.25. The molecule has 9 nitrogen and oxygen atoms in total. The van der Waals surface area contributed by atoms with Gasteiger partial charge in [0.05, 0.1) is 5.41 Å². The Balaban J connectivity index is 1.45. The number of aryl methyl sites for hydroxylation is 1. The van der Waals surface area contributed by atoms with Crippen LogP contribution < -0.4 is 0 Å². The van der Waals surface area contributed by atoms with E-state index in [2.05, 4.69) is 20.1 Å². The van der Waals surface area contributed by atoms with Gasteiger partial charge in [-0.3, -0.25) is 9.59 Å². The van der Waals surface area contributed by atoms with Gasteiger partial charge in [-0.05, 0) is 25.1 Å². The van der Waals surface area contributed by atoms with Crippen LogP contribution in [-0.2, 0) is 5.41 Å². The Kier molecular flexibility index (Phi) is 4.30. The van der Waals surface area contributed by atoms with Crippen LogP contribution in [0.1, 0.15) is 32.7 Å². The molecule has 9 heteroatoms. The third kappa shape index (κ3) is 2.94. The Morgan fingerprint density at radius 1 is 1.00 bits per heavy atom. The van der Waals surface area contributed by atoms with Gasteiger partial charge in [0, 0.05) is 50.1 Å². The molecule has 2 aliphatic heterocycles. The van der Waals surface area contributed by atoms with E-state index in [-0.39, 0.29) is 23.6 Å². The van der Waals surface area contributed by atoms with Crippen molar-refractivity contribution in [2.75, 3.05) is 26.2 Å². The molecule has 0 radical (unpaired) electrons. The van der Waals surface area contributed by atoms with E-state index in [1.54, 1.807) is 30.3 Å². The zero-order valence-electron chi connectivity index (χ0n) is 16.4. The Labute approximate surface area is 172 Å². The molecule has 2 amide bonds. The maximum absolute atomic E-state index is 13.1. The normalized spacial score (nSPS) is 22.9. The predicted octanol–water partition coefficient (Wildman–Crippen LogP) is 1.33. The number of likely N-dealkylation sites (tertiary alicyclic amines) is 2. The second-order valence-electron chi connectivity index (χ2n) is 7.81. The van der Waals surface area contributed by atoms with Gasteiger partial charge in [0.2, 0.25) is 11.7 Å². The van der Waals surface area contributed by atoms with Crippen LogP contribution in [0.5, 0.6) is 0 Å². The summed E-state index contributed by atoms with van der Waals surface area (Å²) in [5.74, 6) is 0.871. The fraction of sp³-hybridized carbons (Fsp3) is 0.333. The van der Waals surface area contributed by atoms with Crippen LogP contribution in [-0.4, -0.2) is 67.9 Å². The summed E-state index contributed by atoms with van der Waals surface area (Å²) in [5, 5.41) is 3.95. The monoisotopic (exact) mass is 404 g/mol. The fourth-order valence-corrected chi connectivity index (χ4v) is 4.49. The van der Waals surface area contributed by atoms with E-state index in [0.717, 1.165) is 0 Å². The summed E-state index contributed by atoms with van der Waals surface area (Å²) in [5.41, 5.74) is 0.0378. The molecule has 2 atom stereocenters. The van der Waals surface area contributed by atoms with E-state index in [0.29, 0.717) is 43.5 Å². The molecule has 2 aliphatic rings. The Hall–Kier alpha value is -3.62. The minimum Gasteiger partial charge on any atom is -0.339 e. The quantitative estimate of drug-likeness (QED) is 0.648. The molecule has 0 saturated carbocycles. The number of carbonyl (C=O) groups excluding carboxylic acids is 2. The number of hydrogen-bond donors (Lipinski definition) is 0. The van der Waals surface area contributed by atoms with Crippen molar-refractivity contribution in [1.82, 2.24) is 29.9 Å². The zero-order chi connectivity index (χ0) is 20.7. The molecule has 0 bridgehead atoms. The third-order valence-corrected chi connectivity index (χ3v) is 5.91. The average Bonchev–Trinajstić information content (AvgIpc) is 3.46. The second-order valence-corrected chi connectivity index (χ2v) is 7.81. The summed E-state index contributed by atoms with van der Waals surface area (Å²) in [4.78, 5) is 42.2. The second kappa shape index (κ2) is 7.01. The molecule has 0 unspecified atom stereocenters. The van der Waals surface area contributed by atoms with Crippen molar-refractivity contribution in [2.45, 2.75) is 12.3 Å². The first-order chi connectivity index (χ1) is 14.6. The molecule has 0 N–H and O–H groups in total. The summed E-state index contributed by atoms with van der Waals surface area (Å²) in [6.07, 6.45) is 3.10. The first kappa shape index (κ1) is 18.4. The van der Waals surface area contributed by atoms with Crippen molar-refractivity contribution in [3.8, 4) is 0 Å². The number of amides is 2. The first-order valence-electron chi connectivity index (χ1n) is 9.78. The third-order valence-electron chi connectivity index (χ3n) is 5.91. The molecule has 2 saturated heterocycles. The predicted molar refractivity (Wildman–Crippen MR) is 104 cm³/mol. The van der Waals surface area contributed by atoms with E-state index in [1.165, 1.54) is 0 Å². The van der Waals surface area contributed by atoms with Gasteiger partial charge in [-0.2, -0.15) is 4.98 Å². The maximum Gasteiger partial charge on any atom is 0.291 e. The number of rotatable bonds is 3. The van der Waals surface area contributed by atoms with Crippen molar-refractivity contribution >= 4 is 11.8 Å². The van der Waals surface area contributed by atoms with Gasteiger partial charge < -0.3 is 14.3 Å². The van der Waals surface area contributed by atoms with Crippen LogP contribution >= 0.6 is 0 Å². The smallest absolute Gasteiger partial charge is 0.291 e. The highest BCUT2D eigenvalue weighted by Crippen LogP contribution is 2.45. The van der Waals surface area contributed by atoms with Gasteiger partial charge in [-0.15, -0.1) is 0 Å². The highest BCUT2D eigenvalue weighted by molar-refractivity contribution is 5.95. The molecular weight excluding hydrogens is 384 g/mol. The van der Waals surface area contributed by atoms with Crippen LogP contribution in [0.4, 0.5) is 0 Å². The number of fused-ring (bicyclic) bond motifs is 1. The van der Waals surface area contributed by atoms with Gasteiger partial charge in [0.1, 0.15) is 0 Å². The lowest BCUT2D eigenvalue weighted by molar-refractivity contribution is 0.0720. The van der Waals surface area contributed by atoms with E-state index in [4.69, 9.17) is 4.52 Å². The topological polar surface area (TPSA) is 105 Å². The molecular formula is C21H20N6O3. The highest BCUT2D eigenvalue weighted by atomic mass is 16.5. The van der Waals surface area contributed by atoms with Crippen LogP contribution in [0.15, 0.2) is 53.3 Å².